The molecule has 0 aromatic heterocycles. The maximum atomic E-state index is 13.4. The number of hydrogen-bond donors (Lipinski definition) is 1. The lowest BCUT2D eigenvalue weighted by molar-refractivity contribution is -0.159. The summed E-state index contributed by atoms with van der Waals surface area (Å²) in [6.45, 7) is 2.53. The lowest BCUT2D eigenvalue weighted by Gasteiger charge is -2.41. The fraction of sp³-hybridized carbons (Fsp3) is 0.529. The van der Waals surface area contributed by atoms with Gasteiger partial charge in [0, 0.05) is 38.8 Å². The summed E-state index contributed by atoms with van der Waals surface area (Å²) < 4.78 is 0. The molecule has 1 N–H and O–H groups in total. The molecular formula is C34H44N4O4. The van der Waals surface area contributed by atoms with Crippen LogP contribution in [0.4, 0.5) is 0 Å². The van der Waals surface area contributed by atoms with Gasteiger partial charge in [0.2, 0.25) is 0 Å². The summed E-state index contributed by atoms with van der Waals surface area (Å²) in [4.78, 5) is 56.7. The third-order valence-corrected chi connectivity index (χ3v) is 9.23. The smallest absolute Gasteiger partial charge is 0.312 e. The number of carbonyl (C=O) groups excluding carboxylic acids is 4. The van der Waals surface area contributed by atoms with E-state index in [9.17, 15) is 19.2 Å². The topological polar surface area (TPSA) is 90.0 Å². The van der Waals surface area contributed by atoms with E-state index in [2.05, 4.69) is 17.4 Å². The molecule has 2 saturated heterocycles. The molecule has 5 rings (SSSR count). The SMILES string of the molecule is O=C1NC[C@H](CCCCN2C[C@H](Cc3ccccc3)N(Cc3ccccc3)C(=O)C2=O)N(CCC2CCCCC2)C1=O. The van der Waals surface area contributed by atoms with E-state index in [0.717, 1.165) is 36.8 Å². The maximum absolute atomic E-state index is 13.4. The first-order valence-electron chi connectivity index (χ1n) is 15.8. The van der Waals surface area contributed by atoms with Gasteiger partial charge >= 0.3 is 23.6 Å². The Labute approximate surface area is 249 Å². The number of unbranched alkanes of at least 4 members (excludes halogenated alkanes) is 1. The van der Waals surface area contributed by atoms with E-state index in [4.69, 9.17) is 0 Å². The molecule has 2 heterocycles. The Hall–Kier alpha value is -3.68. The average Bonchev–Trinajstić information content (AvgIpc) is 3.02. The summed E-state index contributed by atoms with van der Waals surface area (Å²) in [5.41, 5.74) is 2.15. The van der Waals surface area contributed by atoms with E-state index in [1.165, 1.54) is 32.1 Å². The van der Waals surface area contributed by atoms with Crippen LogP contribution in [-0.4, -0.2) is 76.6 Å². The second-order valence-corrected chi connectivity index (χ2v) is 12.2. The number of rotatable bonds is 12. The fourth-order valence-electron chi connectivity index (χ4n) is 6.81. The van der Waals surface area contributed by atoms with Gasteiger partial charge in [0.05, 0.1) is 6.04 Å². The highest BCUT2D eigenvalue weighted by atomic mass is 16.2. The monoisotopic (exact) mass is 572 g/mol. The lowest BCUT2D eigenvalue weighted by Crippen LogP contribution is -2.60. The predicted octanol–water partition coefficient (Wildman–Crippen LogP) is 3.94. The van der Waals surface area contributed by atoms with Gasteiger partial charge in [-0.3, -0.25) is 19.2 Å². The van der Waals surface area contributed by atoms with Gasteiger partial charge < -0.3 is 20.0 Å². The van der Waals surface area contributed by atoms with Crippen LogP contribution >= 0.6 is 0 Å². The minimum absolute atomic E-state index is 0.0235. The Morgan fingerprint density at radius 3 is 2.07 bits per heavy atom. The number of benzene rings is 2. The van der Waals surface area contributed by atoms with Gasteiger partial charge in [-0.2, -0.15) is 0 Å². The minimum Gasteiger partial charge on any atom is -0.346 e. The van der Waals surface area contributed by atoms with Gasteiger partial charge in [0.25, 0.3) is 0 Å². The summed E-state index contributed by atoms with van der Waals surface area (Å²) in [5, 5.41) is 2.76. The largest absolute Gasteiger partial charge is 0.346 e. The van der Waals surface area contributed by atoms with Crippen LogP contribution in [0.2, 0.25) is 0 Å². The molecule has 0 bridgehead atoms. The van der Waals surface area contributed by atoms with Crippen LogP contribution in [0.15, 0.2) is 60.7 Å². The van der Waals surface area contributed by atoms with Crippen molar-refractivity contribution < 1.29 is 19.2 Å². The summed E-state index contributed by atoms with van der Waals surface area (Å²) >= 11 is 0. The Balaban J connectivity index is 1.17. The Bertz CT molecular complexity index is 1210. The van der Waals surface area contributed by atoms with Gasteiger partial charge in [-0.05, 0) is 49.1 Å². The zero-order valence-electron chi connectivity index (χ0n) is 24.6. The van der Waals surface area contributed by atoms with Crippen LogP contribution in [0.25, 0.3) is 0 Å². The molecule has 0 unspecified atom stereocenters. The van der Waals surface area contributed by atoms with Gasteiger partial charge in [0.15, 0.2) is 0 Å². The molecule has 2 aliphatic heterocycles. The third kappa shape index (κ3) is 7.58. The molecule has 2 atom stereocenters. The molecule has 3 aliphatic rings. The number of amides is 4. The van der Waals surface area contributed by atoms with Crippen molar-refractivity contribution >= 4 is 23.6 Å². The normalized spacial score (nSPS) is 22.0. The highest BCUT2D eigenvalue weighted by Gasteiger charge is 2.39. The Morgan fingerprint density at radius 2 is 1.36 bits per heavy atom. The third-order valence-electron chi connectivity index (χ3n) is 9.23. The van der Waals surface area contributed by atoms with Crippen LogP contribution in [0, 0.1) is 5.92 Å². The molecule has 0 radical (unpaired) electrons. The summed E-state index contributed by atoms with van der Waals surface area (Å²) in [6, 6.07) is 19.8. The number of nitrogens with zero attached hydrogens (tertiary/aromatic N) is 3. The van der Waals surface area contributed by atoms with E-state index >= 15 is 0 Å². The zero-order valence-corrected chi connectivity index (χ0v) is 24.6. The first-order valence-corrected chi connectivity index (χ1v) is 15.8. The van der Waals surface area contributed by atoms with Gasteiger partial charge in [-0.15, -0.1) is 0 Å². The van der Waals surface area contributed by atoms with Crippen LogP contribution in [0.1, 0.15) is 68.9 Å². The van der Waals surface area contributed by atoms with Crippen molar-refractivity contribution in [1.82, 2.24) is 20.0 Å². The minimum atomic E-state index is -0.503. The highest BCUT2D eigenvalue weighted by molar-refractivity contribution is 6.36. The zero-order chi connectivity index (χ0) is 29.3. The molecule has 42 heavy (non-hydrogen) atoms. The quantitative estimate of drug-likeness (QED) is 0.308. The Kier molecular flexibility index (Phi) is 10.3. The van der Waals surface area contributed by atoms with Gasteiger partial charge in [0.1, 0.15) is 0 Å². The standard InChI is InChI=1S/C34H44N4O4/c39-31-32(40)37(21-19-26-12-4-1-5-13-26)29(23-35-31)18-10-11-20-36-25-30(22-27-14-6-2-7-15-27)38(34(42)33(36)41)24-28-16-8-3-9-17-28/h2-3,6-9,14-17,26,29-30H,1,4-5,10-13,18-25H2,(H,35,39)/t29-,30-/m0/s1. The van der Waals surface area contributed by atoms with Crippen molar-refractivity contribution in [3.63, 3.8) is 0 Å². The highest BCUT2D eigenvalue weighted by Crippen LogP contribution is 2.27. The molecule has 8 nitrogen and oxygen atoms in total. The van der Waals surface area contributed by atoms with Crippen LogP contribution in [0.5, 0.6) is 0 Å². The fourth-order valence-corrected chi connectivity index (χ4v) is 6.81. The van der Waals surface area contributed by atoms with E-state index in [1.807, 2.05) is 48.5 Å². The summed E-state index contributed by atoms with van der Waals surface area (Å²) in [5.74, 6) is -1.16. The van der Waals surface area contributed by atoms with Crippen molar-refractivity contribution in [2.24, 2.45) is 5.92 Å². The Morgan fingerprint density at radius 1 is 0.667 bits per heavy atom. The van der Waals surface area contributed by atoms with Crippen molar-refractivity contribution in [2.75, 3.05) is 26.2 Å². The molecule has 224 valence electrons. The number of nitrogens with one attached hydrogen (secondary N) is 1. The molecule has 1 aliphatic carbocycles. The molecule has 3 fully saturated rings. The second-order valence-electron chi connectivity index (χ2n) is 12.2. The number of piperazine rings is 2. The molecule has 4 amide bonds. The molecule has 8 heteroatoms. The van der Waals surface area contributed by atoms with E-state index in [1.54, 1.807) is 14.7 Å². The summed E-state index contributed by atoms with van der Waals surface area (Å²) in [6.07, 6.45) is 10.2. The van der Waals surface area contributed by atoms with Gasteiger partial charge in [-0.25, -0.2) is 0 Å². The molecule has 1 saturated carbocycles. The van der Waals surface area contributed by atoms with E-state index in [-0.39, 0.29) is 12.1 Å². The lowest BCUT2D eigenvalue weighted by atomic mass is 9.86. The average molecular weight is 573 g/mol. The molecular weight excluding hydrogens is 528 g/mol. The first-order chi connectivity index (χ1) is 20.5. The number of carbonyl (C=O) groups is 4. The van der Waals surface area contributed by atoms with E-state index < -0.39 is 23.6 Å². The van der Waals surface area contributed by atoms with Crippen molar-refractivity contribution in [2.45, 2.75) is 82.8 Å². The molecule has 2 aromatic rings. The molecule has 0 spiro atoms. The van der Waals surface area contributed by atoms with Gasteiger partial charge in [-0.1, -0.05) is 92.8 Å². The maximum Gasteiger partial charge on any atom is 0.312 e. The van der Waals surface area contributed by atoms with Crippen LogP contribution in [-0.2, 0) is 32.1 Å². The summed E-state index contributed by atoms with van der Waals surface area (Å²) in [7, 11) is 0. The predicted molar refractivity (Wildman–Crippen MR) is 161 cm³/mol. The number of hydrogen-bond acceptors (Lipinski definition) is 4. The van der Waals surface area contributed by atoms with Crippen molar-refractivity contribution in [3.05, 3.63) is 71.8 Å². The van der Waals surface area contributed by atoms with Crippen LogP contribution in [0.3, 0.4) is 0 Å². The van der Waals surface area contributed by atoms with Crippen molar-refractivity contribution in [1.29, 1.82) is 0 Å². The van der Waals surface area contributed by atoms with Crippen molar-refractivity contribution in [3.8, 4) is 0 Å². The van der Waals surface area contributed by atoms with E-state index in [0.29, 0.717) is 45.1 Å². The first kappa shape index (κ1) is 29.8. The second kappa shape index (κ2) is 14.5. The molecule has 2 aromatic carbocycles. The van der Waals surface area contributed by atoms with Crippen LogP contribution < -0.4 is 5.32 Å².